The van der Waals surface area contributed by atoms with Crippen molar-refractivity contribution in [3.05, 3.63) is 59.2 Å². The average molecular weight is 390 g/mol. The van der Waals surface area contributed by atoms with Gasteiger partial charge in [0.1, 0.15) is 5.75 Å². The van der Waals surface area contributed by atoms with Crippen LogP contribution in [-0.4, -0.2) is 65.7 Å². The van der Waals surface area contributed by atoms with Gasteiger partial charge in [-0.15, -0.1) is 0 Å². The molecule has 2 N–H and O–H groups in total. The van der Waals surface area contributed by atoms with E-state index in [9.17, 15) is 14.7 Å². The highest BCUT2D eigenvalue weighted by Gasteiger charge is 2.52. The standard InChI is InChI=1S/C22H19N3O4/c1-24(2)9-10-25-21(27)17-14-11-12(26)7-8-13(14)19-20(18(17)22(25)28)29-16-6-4-3-5-15(16)23-19/h3-8,11,20,26H,9-10H2,1-2H3/p+1. The number of nitrogens with zero attached hydrogens (tertiary/aromatic N) is 2. The van der Waals surface area contributed by atoms with Crippen LogP contribution in [0.3, 0.4) is 0 Å². The fourth-order valence-electron chi connectivity index (χ4n) is 4.06. The Bertz CT molecular complexity index is 1130. The number of fused-ring (bicyclic) bond motifs is 6. The highest BCUT2D eigenvalue weighted by molar-refractivity contribution is 6.40. The van der Waals surface area contributed by atoms with Crippen LogP contribution in [0.4, 0.5) is 5.69 Å². The number of carbonyl (C=O) groups is 2. The number of hydrogen-bond acceptors (Lipinski definition) is 5. The molecule has 0 spiro atoms. The first-order chi connectivity index (χ1) is 14.0. The molecule has 2 aromatic carbocycles. The van der Waals surface area contributed by atoms with Gasteiger partial charge in [0, 0.05) is 24.7 Å². The molecule has 1 unspecified atom stereocenters. The molecule has 1 atom stereocenters. The minimum atomic E-state index is -0.697. The molecule has 0 aromatic heterocycles. The Balaban J connectivity index is 1.69. The minimum absolute atomic E-state index is 0.0405. The summed E-state index contributed by atoms with van der Waals surface area (Å²) in [7, 11) is 3.78. The van der Waals surface area contributed by atoms with Crippen LogP contribution >= 0.6 is 0 Å². The zero-order valence-corrected chi connectivity index (χ0v) is 16.1. The number of para-hydroxylation sites is 2. The first kappa shape index (κ1) is 17.6. The number of rotatable bonds is 3. The number of phenolic OH excluding ortho intramolecular Hbond substituents is 1. The number of likely N-dealkylation sites (N-methyl/N-ethyl adjacent to an activating group) is 1. The Morgan fingerprint density at radius 1 is 1.10 bits per heavy atom. The Labute approximate surface area is 167 Å². The fraction of sp³-hybridized carbons (Fsp3) is 0.227. The lowest BCUT2D eigenvalue weighted by Crippen LogP contribution is -2.73. The molecule has 0 bridgehead atoms. The first-order valence-electron chi connectivity index (χ1n) is 9.44. The molecule has 2 aromatic rings. The van der Waals surface area contributed by atoms with Crippen LogP contribution in [0.1, 0.15) is 11.1 Å². The molecule has 1 aliphatic carbocycles. The second kappa shape index (κ2) is 6.28. The summed E-state index contributed by atoms with van der Waals surface area (Å²) in [4.78, 5) is 33.1. The smallest absolute Gasteiger partial charge is 0.262 e. The third kappa shape index (κ3) is 2.58. The van der Waals surface area contributed by atoms with Gasteiger partial charge in [-0.3, -0.25) is 14.5 Å². The number of imide groups is 1. The number of phenols is 1. The number of amides is 2. The van der Waals surface area contributed by atoms with E-state index in [1.807, 2.05) is 43.3 Å². The second-order valence-corrected chi connectivity index (χ2v) is 7.62. The Morgan fingerprint density at radius 2 is 1.90 bits per heavy atom. The highest BCUT2D eigenvalue weighted by atomic mass is 16.5. The summed E-state index contributed by atoms with van der Waals surface area (Å²) in [6, 6.07) is 12.3. The van der Waals surface area contributed by atoms with Crippen LogP contribution in [-0.2, 0) is 9.59 Å². The summed E-state index contributed by atoms with van der Waals surface area (Å²) < 4.78 is 6.20. The third-order valence-electron chi connectivity index (χ3n) is 5.46. The lowest BCUT2D eigenvalue weighted by Gasteiger charge is -2.27. The van der Waals surface area contributed by atoms with E-state index in [0.717, 1.165) is 11.3 Å². The lowest BCUT2D eigenvalue weighted by molar-refractivity contribution is -0.363. The summed E-state index contributed by atoms with van der Waals surface area (Å²) in [5.41, 5.74) is 3.43. The molecule has 2 aliphatic heterocycles. The molecule has 0 saturated carbocycles. The maximum absolute atomic E-state index is 13.3. The van der Waals surface area contributed by atoms with E-state index in [1.54, 1.807) is 12.1 Å². The summed E-state index contributed by atoms with van der Waals surface area (Å²) >= 11 is 0. The summed E-state index contributed by atoms with van der Waals surface area (Å²) in [6.07, 6.45) is -0.697. The molecule has 2 heterocycles. The van der Waals surface area contributed by atoms with Crippen molar-refractivity contribution < 1.29 is 24.4 Å². The van der Waals surface area contributed by atoms with Crippen molar-refractivity contribution in [2.24, 2.45) is 0 Å². The fourth-order valence-corrected chi connectivity index (χ4v) is 4.06. The van der Waals surface area contributed by atoms with Crippen molar-refractivity contribution in [3.8, 4) is 11.5 Å². The van der Waals surface area contributed by atoms with Crippen LogP contribution in [0.5, 0.6) is 11.5 Å². The van der Waals surface area contributed by atoms with Crippen molar-refractivity contribution in [2.45, 2.75) is 6.10 Å². The molecule has 0 fully saturated rings. The number of carbonyl (C=O) groups excluding carboxylic acids is 2. The number of ether oxygens (including phenoxy) is 1. The summed E-state index contributed by atoms with van der Waals surface area (Å²) in [5, 5.41) is 10.1. The predicted octanol–water partition coefficient (Wildman–Crippen LogP) is 0.0522. The van der Waals surface area contributed by atoms with Gasteiger partial charge in [-0.1, -0.05) is 12.1 Å². The van der Waals surface area contributed by atoms with Crippen LogP contribution in [0, 0.1) is 0 Å². The Kier molecular flexibility index (Phi) is 3.82. The van der Waals surface area contributed by atoms with Gasteiger partial charge in [0.05, 0.1) is 16.7 Å². The molecule has 29 heavy (non-hydrogen) atoms. The van der Waals surface area contributed by atoms with Crippen molar-refractivity contribution in [1.82, 2.24) is 9.80 Å². The molecule has 0 radical (unpaired) electrons. The maximum atomic E-state index is 13.3. The van der Waals surface area contributed by atoms with Gasteiger partial charge in [0.25, 0.3) is 11.8 Å². The van der Waals surface area contributed by atoms with Gasteiger partial charge in [0.15, 0.2) is 5.75 Å². The highest BCUT2D eigenvalue weighted by Crippen LogP contribution is 2.41. The average Bonchev–Trinajstić information content (AvgIpc) is 2.95. The number of aromatic hydroxyl groups is 1. The van der Waals surface area contributed by atoms with Crippen molar-refractivity contribution in [3.63, 3.8) is 0 Å². The topological polar surface area (TPSA) is 84.1 Å². The van der Waals surface area contributed by atoms with Gasteiger partial charge in [-0.25, -0.2) is 4.99 Å². The summed E-state index contributed by atoms with van der Waals surface area (Å²) in [5.74, 6) is -0.0224. The van der Waals surface area contributed by atoms with Crippen LogP contribution in [0.25, 0.3) is 5.57 Å². The van der Waals surface area contributed by atoms with Gasteiger partial charge in [0.2, 0.25) is 17.5 Å². The van der Waals surface area contributed by atoms with Crippen LogP contribution < -0.4 is 9.73 Å². The minimum Gasteiger partial charge on any atom is -0.508 e. The predicted molar refractivity (Wildman–Crippen MR) is 106 cm³/mol. The lowest BCUT2D eigenvalue weighted by atomic mass is 9.82. The van der Waals surface area contributed by atoms with Crippen LogP contribution in [0.2, 0.25) is 0 Å². The normalized spacial score (nSPS) is 19.5. The second-order valence-electron chi connectivity index (χ2n) is 7.62. The molecule has 0 saturated heterocycles. The van der Waals surface area contributed by atoms with E-state index in [1.165, 1.54) is 11.0 Å². The van der Waals surface area contributed by atoms with Gasteiger partial charge in [-0.05, 0) is 38.4 Å². The quantitative estimate of drug-likeness (QED) is 0.724. The molecule has 146 valence electrons. The maximum Gasteiger partial charge on any atom is 0.262 e. The molecule has 2 amide bonds. The summed E-state index contributed by atoms with van der Waals surface area (Å²) in [6.45, 7) is 0.853. The number of benzene rings is 2. The van der Waals surface area contributed by atoms with Crippen molar-refractivity contribution in [1.29, 1.82) is 0 Å². The van der Waals surface area contributed by atoms with Gasteiger partial charge >= 0.3 is 0 Å². The third-order valence-corrected chi connectivity index (χ3v) is 5.46. The monoisotopic (exact) mass is 390 g/mol. The van der Waals surface area contributed by atoms with E-state index in [-0.39, 0.29) is 24.1 Å². The van der Waals surface area contributed by atoms with Crippen molar-refractivity contribution in [2.75, 3.05) is 27.2 Å². The van der Waals surface area contributed by atoms with E-state index >= 15 is 0 Å². The van der Waals surface area contributed by atoms with Gasteiger partial charge < -0.3 is 14.7 Å². The van der Waals surface area contributed by atoms with E-state index in [0.29, 0.717) is 34.7 Å². The Hall–Kier alpha value is -3.45. The van der Waals surface area contributed by atoms with E-state index < -0.39 is 6.10 Å². The zero-order valence-electron chi connectivity index (χ0n) is 16.1. The zero-order chi connectivity index (χ0) is 20.3. The molecule has 7 heteroatoms. The van der Waals surface area contributed by atoms with Crippen LogP contribution in [0.15, 0.2) is 48.0 Å². The molecular weight excluding hydrogens is 370 g/mol. The largest absolute Gasteiger partial charge is 0.508 e. The van der Waals surface area contributed by atoms with E-state index in [4.69, 9.17) is 4.74 Å². The van der Waals surface area contributed by atoms with E-state index in [2.05, 4.69) is 4.99 Å². The molecule has 3 aliphatic rings. The SMILES string of the molecule is CN(C)CCN1C(=O)C2=C(C1=O)C1Oc3ccccc3[NH+]=C1c1ccc(O)cc12. The molecular formula is C22H20N3O4+. The Morgan fingerprint density at radius 3 is 2.69 bits per heavy atom. The number of nitrogens with one attached hydrogen (secondary N) is 1. The van der Waals surface area contributed by atoms with Crippen molar-refractivity contribution >= 4 is 28.8 Å². The van der Waals surface area contributed by atoms with Gasteiger partial charge in [-0.2, -0.15) is 0 Å². The molecule has 5 rings (SSSR count). The molecule has 7 nitrogen and oxygen atoms in total. The first-order valence-corrected chi connectivity index (χ1v) is 9.44. The number of hydrogen-bond donors (Lipinski definition) is 2.